The number of morpholine rings is 1. The van der Waals surface area contributed by atoms with Crippen molar-refractivity contribution in [2.24, 2.45) is 0 Å². The maximum Gasteiger partial charge on any atom is 0.334 e. The molecule has 0 bridgehead atoms. The lowest BCUT2D eigenvalue weighted by molar-refractivity contribution is -0.159. The maximum atomic E-state index is 11.8. The van der Waals surface area contributed by atoms with Crippen LogP contribution in [0.15, 0.2) is 0 Å². The number of hydrogen-bond acceptors (Lipinski definition) is 4. The van der Waals surface area contributed by atoms with Gasteiger partial charge in [0, 0.05) is 25.9 Å². The van der Waals surface area contributed by atoms with Crippen molar-refractivity contribution in [2.75, 3.05) is 26.2 Å². The molecule has 19 heavy (non-hydrogen) atoms. The number of amides is 2. The van der Waals surface area contributed by atoms with E-state index >= 15 is 0 Å². The molecule has 108 valence electrons. The van der Waals surface area contributed by atoms with Gasteiger partial charge in [-0.2, -0.15) is 0 Å². The minimum atomic E-state index is -1.07. The third-order valence-electron chi connectivity index (χ3n) is 2.83. The number of aliphatic carboxylic acids is 1. The number of carbonyl (C=O) groups excluding carboxylic acids is 2. The molecule has 0 aromatic heterocycles. The molecule has 1 unspecified atom stereocenters. The van der Waals surface area contributed by atoms with Crippen LogP contribution in [0.3, 0.4) is 0 Å². The van der Waals surface area contributed by atoms with E-state index in [9.17, 15) is 14.4 Å². The Labute approximate surface area is 111 Å². The van der Waals surface area contributed by atoms with Crippen LogP contribution in [0.1, 0.15) is 26.2 Å². The number of ether oxygens (including phenoxy) is 1. The highest BCUT2D eigenvalue weighted by Gasteiger charge is 2.28. The number of carboxylic acid groups (broad SMARTS) is 1. The third-order valence-corrected chi connectivity index (χ3v) is 2.83. The molecule has 0 aliphatic carbocycles. The summed E-state index contributed by atoms with van der Waals surface area (Å²) in [5, 5.41) is 11.5. The molecule has 0 radical (unpaired) electrons. The van der Waals surface area contributed by atoms with E-state index in [0.717, 1.165) is 6.42 Å². The van der Waals surface area contributed by atoms with Crippen molar-refractivity contribution >= 4 is 17.8 Å². The lowest BCUT2D eigenvalue weighted by Gasteiger charge is -2.30. The number of carbonyl (C=O) groups is 3. The summed E-state index contributed by atoms with van der Waals surface area (Å²) in [6, 6.07) is 0. The van der Waals surface area contributed by atoms with Crippen LogP contribution in [0.5, 0.6) is 0 Å². The van der Waals surface area contributed by atoms with E-state index in [1.165, 1.54) is 4.90 Å². The van der Waals surface area contributed by atoms with E-state index in [2.05, 4.69) is 5.32 Å². The zero-order valence-electron chi connectivity index (χ0n) is 11.1. The maximum absolute atomic E-state index is 11.8. The number of carboxylic acids is 1. The number of nitrogens with zero attached hydrogens (tertiary/aromatic N) is 1. The largest absolute Gasteiger partial charge is 0.479 e. The lowest BCUT2D eigenvalue weighted by atomic mass is 10.2. The molecule has 2 N–H and O–H groups in total. The Bertz CT molecular complexity index is 345. The van der Waals surface area contributed by atoms with Gasteiger partial charge in [-0.3, -0.25) is 9.59 Å². The molecule has 7 nitrogen and oxygen atoms in total. The molecule has 0 aromatic carbocycles. The first kappa shape index (κ1) is 15.4. The Kier molecular flexibility index (Phi) is 6.27. The van der Waals surface area contributed by atoms with E-state index in [0.29, 0.717) is 13.1 Å². The zero-order chi connectivity index (χ0) is 14.3. The van der Waals surface area contributed by atoms with Gasteiger partial charge in [0.15, 0.2) is 6.10 Å². The number of nitrogens with one attached hydrogen (secondary N) is 1. The summed E-state index contributed by atoms with van der Waals surface area (Å²) >= 11 is 0. The quantitative estimate of drug-likeness (QED) is 0.686. The molecule has 0 saturated carbocycles. The Morgan fingerprint density at radius 2 is 2.11 bits per heavy atom. The summed E-state index contributed by atoms with van der Waals surface area (Å²) in [7, 11) is 0. The van der Waals surface area contributed by atoms with Crippen LogP contribution in [-0.4, -0.2) is 60.1 Å². The van der Waals surface area contributed by atoms with Crippen LogP contribution in [-0.2, 0) is 19.1 Å². The van der Waals surface area contributed by atoms with Gasteiger partial charge in [0.25, 0.3) is 0 Å². The van der Waals surface area contributed by atoms with Gasteiger partial charge in [0.1, 0.15) is 0 Å². The van der Waals surface area contributed by atoms with Gasteiger partial charge in [-0.05, 0) is 6.42 Å². The monoisotopic (exact) mass is 272 g/mol. The molecule has 1 aliphatic heterocycles. The standard InChI is InChI=1S/C12H20N2O5/c1-2-5-13-10(15)3-4-11(16)14-6-7-19-9(8-14)12(17)18/h9H,2-8H2,1H3,(H,13,15)(H,17,18). The zero-order valence-corrected chi connectivity index (χ0v) is 11.1. The topological polar surface area (TPSA) is 95.9 Å². The van der Waals surface area contributed by atoms with Gasteiger partial charge in [0.2, 0.25) is 11.8 Å². The molecule has 2 amide bonds. The summed E-state index contributed by atoms with van der Waals surface area (Å²) < 4.78 is 5.03. The second kappa shape index (κ2) is 7.73. The van der Waals surface area contributed by atoms with Crippen LogP contribution in [0.25, 0.3) is 0 Å². The van der Waals surface area contributed by atoms with Crippen molar-refractivity contribution < 1.29 is 24.2 Å². The molecule has 1 fully saturated rings. The summed E-state index contributed by atoms with van der Waals surface area (Å²) in [4.78, 5) is 35.4. The average Bonchev–Trinajstić information content (AvgIpc) is 2.42. The van der Waals surface area contributed by atoms with Gasteiger partial charge in [-0.25, -0.2) is 4.79 Å². The molecule has 1 rings (SSSR count). The lowest BCUT2D eigenvalue weighted by Crippen LogP contribution is -2.48. The van der Waals surface area contributed by atoms with E-state index in [1.807, 2.05) is 6.92 Å². The summed E-state index contributed by atoms with van der Waals surface area (Å²) in [5.41, 5.74) is 0. The van der Waals surface area contributed by atoms with Gasteiger partial charge < -0.3 is 20.1 Å². The van der Waals surface area contributed by atoms with Gasteiger partial charge in [0.05, 0.1) is 13.2 Å². The van der Waals surface area contributed by atoms with E-state index < -0.39 is 12.1 Å². The van der Waals surface area contributed by atoms with E-state index in [4.69, 9.17) is 9.84 Å². The normalized spacial score (nSPS) is 19.0. The minimum absolute atomic E-state index is 0.0464. The molecule has 7 heteroatoms. The third kappa shape index (κ3) is 5.25. The van der Waals surface area contributed by atoms with Crippen molar-refractivity contribution in [1.82, 2.24) is 10.2 Å². The van der Waals surface area contributed by atoms with Crippen LogP contribution in [0, 0.1) is 0 Å². The Hall–Kier alpha value is -1.63. The van der Waals surface area contributed by atoms with Crippen molar-refractivity contribution in [3.63, 3.8) is 0 Å². The molecule has 1 saturated heterocycles. The van der Waals surface area contributed by atoms with Crippen LogP contribution < -0.4 is 5.32 Å². The van der Waals surface area contributed by atoms with Crippen molar-refractivity contribution in [2.45, 2.75) is 32.3 Å². The average molecular weight is 272 g/mol. The predicted molar refractivity (Wildman–Crippen MR) is 66.5 cm³/mol. The Balaban J connectivity index is 2.32. The molecule has 0 spiro atoms. The highest BCUT2D eigenvalue weighted by Crippen LogP contribution is 2.08. The van der Waals surface area contributed by atoms with Crippen LogP contribution >= 0.6 is 0 Å². The predicted octanol–water partition coefficient (Wildman–Crippen LogP) is -0.395. The van der Waals surface area contributed by atoms with Crippen molar-refractivity contribution in [3.05, 3.63) is 0 Å². The first-order valence-corrected chi connectivity index (χ1v) is 6.43. The Morgan fingerprint density at radius 3 is 2.74 bits per heavy atom. The fourth-order valence-corrected chi connectivity index (χ4v) is 1.76. The molecular weight excluding hydrogens is 252 g/mol. The summed E-state index contributed by atoms with van der Waals surface area (Å²) in [5.74, 6) is -1.43. The smallest absolute Gasteiger partial charge is 0.334 e. The van der Waals surface area contributed by atoms with Crippen LogP contribution in [0.2, 0.25) is 0 Å². The summed E-state index contributed by atoms with van der Waals surface area (Å²) in [6.45, 7) is 3.19. The van der Waals surface area contributed by atoms with Crippen LogP contribution in [0.4, 0.5) is 0 Å². The van der Waals surface area contributed by atoms with Gasteiger partial charge >= 0.3 is 5.97 Å². The highest BCUT2D eigenvalue weighted by atomic mass is 16.5. The molecule has 0 aromatic rings. The molecule has 1 heterocycles. The minimum Gasteiger partial charge on any atom is -0.479 e. The number of hydrogen-bond donors (Lipinski definition) is 2. The van der Waals surface area contributed by atoms with Gasteiger partial charge in [-0.1, -0.05) is 6.92 Å². The second-order valence-corrected chi connectivity index (χ2v) is 4.39. The summed E-state index contributed by atoms with van der Waals surface area (Å²) in [6.07, 6.45) is 0.117. The SMILES string of the molecule is CCCNC(=O)CCC(=O)N1CCOC(C(=O)O)C1. The second-order valence-electron chi connectivity index (χ2n) is 4.39. The van der Waals surface area contributed by atoms with E-state index in [1.54, 1.807) is 0 Å². The first-order valence-electron chi connectivity index (χ1n) is 6.43. The highest BCUT2D eigenvalue weighted by molar-refractivity contribution is 5.84. The fraction of sp³-hybridized carbons (Fsp3) is 0.750. The molecular formula is C12H20N2O5. The molecule has 1 atom stereocenters. The Morgan fingerprint density at radius 1 is 1.37 bits per heavy atom. The molecule has 1 aliphatic rings. The van der Waals surface area contributed by atoms with E-state index in [-0.39, 0.29) is 37.8 Å². The van der Waals surface area contributed by atoms with Crippen molar-refractivity contribution in [3.8, 4) is 0 Å². The fourth-order valence-electron chi connectivity index (χ4n) is 1.76. The first-order chi connectivity index (χ1) is 9.04. The van der Waals surface area contributed by atoms with Crippen molar-refractivity contribution in [1.29, 1.82) is 0 Å². The number of rotatable bonds is 6. The van der Waals surface area contributed by atoms with Gasteiger partial charge in [-0.15, -0.1) is 0 Å².